The van der Waals surface area contributed by atoms with Gasteiger partial charge in [-0.3, -0.25) is 24.1 Å². The van der Waals surface area contributed by atoms with Gasteiger partial charge < -0.3 is 14.0 Å². The Balaban J connectivity index is 1.70. The standard InChI is InChI=1S/C22H17N3O7S/c1-31-18(27)11-24-15-8-7-12(21(30)32-2)9-16(15)33-22(24)23-17(26)10-25-19(28)13-5-3-4-6-14(13)20(25)29/h3-9H,10-11H2,1-2H3. The van der Waals surface area contributed by atoms with Gasteiger partial charge in [-0.25, -0.2) is 4.79 Å². The molecule has 0 radical (unpaired) electrons. The average Bonchev–Trinajstić information content (AvgIpc) is 3.27. The summed E-state index contributed by atoms with van der Waals surface area (Å²) in [5, 5.41) is 0. The topological polar surface area (TPSA) is 124 Å². The number of esters is 2. The fraction of sp³-hybridized carbons (Fsp3) is 0.182. The van der Waals surface area contributed by atoms with E-state index in [-0.39, 0.29) is 22.5 Å². The molecular weight excluding hydrogens is 450 g/mol. The van der Waals surface area contributed by atoms with Crippen molar-refractivity contribution < 1.29 is 33.4 Å². The van der Waals surface area contributed by atoms with Crippen molar-refractivity contribution in [3.63, 3.8) is 0 Å². The van der Waals surface area contributed by atoms with Crippen LogP contribution < -0.4 is 4.80 Å². The van der Waals surface area contributed by atoms with Gasteiger partial charge in [-0.15, -0.1) is 0 Å². The summed E-state index contributed by atoms with van der Waals surface area (Å²) in [5.74, 6) is -2.99. The molecule has 0 fully saturated rings. The molecule has 0 aliphatic carbocycles. The van der Waals surface area contributed by atoms with Crippen LogP contribution in [0.4, 0.5) is 0 Å². The molecule has 0 unspecified atom stereocenters. The van der Waals surface area contributed by atoms with Crippen LogP contribution in [0.1, 0.15) is 31.1 Å². The van der Waals surface area contributed by atoms with Crippen LogP contribution in [0, 0.1) is 0 Å². The minimum Gasteiger partial charge on any atom is -0.468 e. The Morgan fingerprint density at radius 2 is 1.61 bits per heavy atom. The summed E-state index contributed by atoms with van der Waals surface area (Å²) in [5.41, 5.74) is 1.30. The van der Waals surface area contributed by atoms with Gasteiger partial charge in [0.05, 0.1) is 41.1 Å². The number of carbonyl (C=O) groups is 5. The third-order valence-corrected chi connectivity index (χ3v) is 6.05. The van der Waals surface area contributed by atoms with Crippen molar-refractivity contribution in [3.8, 4) is 0 Å². The van der Waals surface area contributed by atoms with Crippen LogP contribution in [0.15, 0.2) is 47.5 Å². The van der Waals surface area contributed by atoms with Crippen molar-refractivity contribution in [2.45, 2.75) is 6.54 Å². The number of rotatable bonds is 5. The molecule has 2 heterocycles. The molecule has 4 rings (SSSR count). The fourth-order valence-corrected chi connectivity index (χ4v) is 4.50. The smallest absolute Gasteiger partial charge is 0.337 e. The van der Waals surface area contributed by atoms with E-state index in [2.05, 4.69) is 4.99 Å². The number of benzene rings is 2. The van der Waals surface area contributed by atoms with Crippen LogP contribution >= 0.6 is 11.3 Å². The van der Waals surface area contributed by atoms with E-state index in [1.807, 2.05) is 0 Å². The van der Waals surface area contributed by atoms with E-state index < -0.39 is 36.2 Å². The van der Waals surface area contributed by atoms with Gasteiger partial charge in [-0.05, 0) is 30.3 Å². The van der Waals surface area contributed by atoms with E-state index in [4.69, 9.17) is 9.47 Å². The Morgan fingerprint density at radius 3 is 2.21 bits per heavy atom. The molecule has 10 nitrogen and oxygen atoms in total. The first-order valence-electron chi connectivity index (χ1n) is 9.65. The number of ether oxygens (including phenoxy) is 2. The number of fused-ring (bicyclic) bond motifs is 2. The number of hydrogen-bond donors (Lipinski definition) is 0. The molecule has 0 saturated carbocycles. The second-order valence-corrected chi connectivity index (χ2v) is 7.98. The van der Waals surface area contributed by atoms with Crippen molar-refractivity contribution in [1.82, 2.24) is 9.47 Å². The minimum absolute atomic E-state index is 0.152. The summed E-state index contributed by atoms with van der Waals surface area (Å²) in [6.07, 6.45) is 0. The molecule has 11 heteroatoms. The second-order valence-electron chi connectivity index (χ2n) is 6.97. The van der Waals surface area contributed by atoms with Crippen molar-refractivity contribution in [3.05, 3.63) is 64.0 Å². The van der Waals surface area contributed by atoms with Gasteiger partial charge in [0.2, 0.25) is 0 Å². The van der Waals surface area contributed by atoms with Crippen LogP contribution in [-0.4, -0.2) is 59.9 Å². The van der Waals surface area contributed by atoms with Gasteiger partial charge >= 0.3 is 11.9 Å². The molecule has 1 aromatic heterocycles. The maximum atomic E-state index is 12.7. The Bertz CT molecular complexity index is 1370. The lowest BCUT2D eigenvalue weighted by atomic mass is 10.1. The normalized spacial score (nSPS) is 13.4. The van der Waals surface area contributed by atoms with Crippen molar-refractivity contribution in [1.29, 1.82) is 0 Å². The Hall–Kier alpha value is -4.12. The summed E-state index contributed by atoms with van der Waals surface area (Å²) in [4.78, 5) is 66.6. The van der Waals surface area contributed by atoms with Gasteiger partial charge in [0.25, 0.3) is 17.7 Å². The Labute approximate surface area is 190 Å². The van der Waals surface area contributed by atoms with Crippen molar-refractivity contribution in [2.75, 3.05) is 20.8 Å². The summed E-state index contributed by atoms with van der Waals surface area (Å²) in [6.45, 7) is -0.778. The Kier molecular flexibility index (Phi) is 5.88. The lowest BCUT2D eigenvalue weighted by Gasteiger charge is -2.10. The van der Waals surface area contributed by atoms with Gasteiger partial charge in [-0.1, -0.05) is 23.5 Å². The van der Waals surface area contributed by atoms with Crippen LogP contribution in [0.3, 0.4) is 0 Å². The predicted octanol–water partition coefficient (Wildman–Crippen LogP) is 1.39. The maximum Gasteiger partial charge on any atom is 0.337 e. The molecular formula is C22H17N3O7S. The van der Waals surface area contributed by atoms with Crippen LogP contribution in [0.5, 0.6) is 0 Å². The number of aromatic nitrogens is 1. The first-order valence-corrected chi connectivity index (χ1v) is 10.5. The number of hydrogen-bond acceptors (Lipinski definition) is 8. The zero-order chi connectivity index (χ0) is 23.7. The molecule has 168 valence electrons. The van der Waals surface area contributed by atoms with Gasteiger partial charge in [0.15, 0.2) is 4.80 Å². The highest BCUT2D eigenvalue weighted by atomic mass is 32.1. The average molecular weight is 467 g/mol. The van der Waals surface area contributed by atoms with E-state index in [1.165, 1.54) is 37.0 Å². The minimum atomic E-state index is -0.747. The first-order chi connectivity index (χ1) is 15.8. The number of nitrogens with zero attached hydrogens (tertiary/aromatic N) is 3. The van der Waals surface area contributed by atoms with E-state index in [1.54, 1.807) is 24.3 Å². The number of thiazole rings is 1. The Morgan fingerprint density at radius 1 is 0.939 bits per heavy atom. The summed E-state index contributed by atoms with van der Waals surface area (Å²) >= 11 is 1.07. The predicted molar refractivity (Wildman–Crippen MR) is 116 cm³/mol. The second kappa shape index (κ2) is 8.79. The molecule has 3 amide bonds. The number of carbonyl (C=O) groups excluding carboxylic acids is 5. The van der Waals surface area contributed by atoms with Gasteiger partial charge in [0.1, 0.15) is 13.1 Å². The molecule has 3 aromatic rings. The molecule has 0 N–H and O–H groups in total. The SMILES string of the molecule is COC(=O)Cn1c(=NC(=O)CN2C(=O)c3ccccc3C2=O)sc2cc(C(=O)OC)ccc21. The van der Waals surface area contributed by atoms with Crippen LogP contribution in [0.25, 0.3) is 10.2 Å². The van der Waals surface area contributed by atoms with E-state index in [0.29, 0.717) is 15.8 Å². The fourth-order valence-electron chi connectivity index (χ4n) is 3.41. The zero-order valence-electron chi connectivity index (χ0n) is 17.6. The summed E-state index contributed by atoms with van der Waals surface area (Å²) in [6, 6.07) is 11.0. The third-order valence-electron chi connectivity index (χ3n) is 5.01. The summed E-state index contributed by atoms with van der Waals surface area (Å²) in [7, 11) is 2.49. The number of methoxy groups -OCH3 is 2. The zero-order valence-corrected chi connectivity index (χ0v) is 18.4. The van der Waals surface area contributed by atoms with E-state index >= 15 is 0 Å². The largest absolute Gasteiger partial charge is 0.468 e. The number of imide groups is 1. The highest BCUT2D eigenvalue weighted by molar-refractivity contribution is 7.16. The van der Waals surface area contributed by atoms with Gasteiger partial charge in [0, 0.05) is 0 Å². The molecule has 0 saturated heterocycles. The molecule has 2 aromatic carbocycles. The highest BCUT2D eigenvalue weighted by Gasteiger charge is 2.36. The molecule has 1 aliphatic rings. The van der Waals surface area contributed by atoms with Crippen LogP contribution in [0.2, 0.25) is 0 Å². The van der Waals surface area contributed by atoms with E-state index in [9.17, 15) is 24.0 Å². The molecule has 0 atom stereocenters. The van der Waals surface area contributed by atoms with Crippen LogP contribution in [-0.2, 0) is 25.6 Å². The molecule has 33 heavy (non-hydrogen) atoms. The van der Waals surface area contributed by atoms with Crippen molar-refractivity contribution >= 4 is 51.2 Å². The van der Waals surface area contributed by atoms with E-state index in [0.717, 1.165) is 16.2 Å². The first kappa shape index (κ1) is 22.1. The lowest BCUT2D eigenvalue weighted by molar-refractivity contribution is -0.141. The van der Waals surface area contributed by atoms with Gasteiger partial charge in [-0.2, -0.15) is 4.99 Å². The third kappa shape index (κ3) is 4.05. The highest BCUT2D eigenvalue weighted by Crippen LogP contribution is 2.23. The lowest BCUT2D eigenvalue weighted by Crippen LogP contribution is -2.35. The monoisotopic (exact) mass is 467 g/mol. The summed E-state index contributed by atoms with van der Waals surface area (Å²) < 4.78 is 11.5. The quantitative estimate of drug-likeness (QED) is 0.410. The number of amides is 3. The maximum absolute atomic E-state index is 12.7. The molecule has 0 spiro atoms. The molecule has 1 aliphatic heterocycles. The van der Waals surface area contributed by atoms with Crippen molar-refractivity contribution in [2.24, 2.45) is 4.99 Å². The molecule has 0 bridgehead atoms.